The zero-order chi connectivity index (χ0) is 25.1. The van der Waals surface area contributed by atoms with Gasteiger partial charge in [-0.3, -0.25) is 0 Å². The van der Waals surface area contributed by atoms with Crippen LogP contribution in [0.25, 0.3) is 43.9 Å². The van der Waals surface area contributed by atoms with Crippen molar-refractivity contribution >= 4 is 21.5 Å². The predicted molar refractivity (Wildman–Crippen MR) is 151 cm³/mol. The number of hydrogen-bond donors (Lipinski definition) is 0. The third kappa shape index (κ3) is 3.35. The molecule has 2 heteroatoms. The Kier molecular flexibility index (Phi) is 5.37. The van der Waals surface area contributed by atoms with Gasteiger partial charge in [-0.15, -0.1) is 0 Å². The highest BCUT2D eigenvalue weighted by Gasteiger charge is 2.34. The van der Waals surface area contributed by atoms with Gasteiger partial charge in [0, 0.05) is 11.6 Å². The van der Waals surface area contributed by atoms with Crippen LogP contribution >= 0.6 is 0 Å². The highest BCUT2D eigenvalue weighted by Crippen LogP contribution is 2.54. The zero-order valence-corrected chi connectivity index (χ0v) is 22.2. The Labute approximate surface area is 214 Å². The van der Waals surface area contributed by atoms with E-state index in [1.165, 1.54) is 72.6 Å². The summed E-state index contributed by atoms with van der Waals surface area (Å²) in [6, 6.07) is 22.3. The van der Waals surface area contributed by atoms with Crippen molar-refractivity contribution < 1.29 is 9.30 Å². The Balaban J connectivity index is 1.77. The van der Waals surface area contributed by atoms with E-state index in [0.29, 0.717) is 5.92 Å². The fraction of sp³-hybridized carbons (Fsp3) is 0.265. The van der Waals surface area contributed by atoms with Gasteiger partial charge in [-0.2, -0.15) is 0 Å². The molecule has 0 N–H and O–H groups in total. The number of hydrogen-bond acceptors (Lipinski definition) is 1. The van der Waals surface area contributed by atoms with Crippen molar-refractivity contribution in [3.05, 3.63) is 89.1 Å². The largest absolute Gasteiger partial charge is 0.455 e. The average Bonchev–Trinajstić information content (AvgIpc) is 2.87. The molecule has 0 fully saturated rings. The number of nitrogens with zero attached hydrogens (tertiary/aromatic N) is 1. The van der Waals surface area contributed by atoms with E-state index in [1.54, 1.807) is 0 Å². The Bertz CT molecular complexity index is 1660. The summed E-state index contributed by atoms with van der Waals surface area (Å²) in [5, 5.41) is 5.00. The van der Waals surface area contributed by atoms with Crippen molar-refractivity contribution in [3.8, 4) is 33.9 Å². The number of pyridine rings is 1. The van der Waals surface area contributed by atoms with Crippen molar-refractivity contribution in [1.29, 1.82) is 0 Å². The van der Waals surface area contributed by atoms with Crippen LogP contribution in [0.2, 0.25) is 0 Å². The second-order valence-electron chi connectivity index (χ2n) is 10.7. The normalized spacial score (nSPS) is 13.1. The number of aromatic nitrogens is 1. The third-order valence-electron chi connectivity index (χ3n) is 8.15. The highest BCUT2D eigenvalue weighted by atomic mass is 16.5. The summed E-state index contributed by atoms with van der Waals surface area (Å²) >= 11 is 0. The Morgan fingerprint density at radius 1 is 0.833 bits per heavy atom. The van der Waals surface area contributed by atoms with Crippen LogP contribution in [0, 0.1) is 26.7 Å². The van der Waals surface area contributed by atoms with Crippen LogP contribution in [0.1, 0.15) is 42.5 Å². The molecule has 180 valence electrons. The van der Waals surface area contributed by atoms with E-state index in [1.807, 2.05) is 0 Å². The minimum absolute atomic E-state index is 0.640. The fourth-order valence-corrected chi connectivity index (χ4v) is 6.11. The van der Waals surface area contributed by atoms with Crippen molar-refractivity contribution in [2.75, 3.05) is 0 Å². The molecule has 4 aromatic carbocycles. The molecule has 1 aliphatic heterocycles. The molecule has 1 unspecified atom stereocenters. The summed E-state index contributed by atoms with van der Waals surface area (Å²) < 4.78 is 9.31. The summed E-state index contributed by atoms with van der Waals surface area (Å²) in [6.07, 6.45) is 4.44. The van der Waals surface area contributed by atoms with E-state index in [2.05, 4.69) is 113 Å². The minimum Gasteiger partial charge on any atom is -0.455 e. The molecule has 0 radical (unpaired) electrons. The lowest BCUT2D eigenvalue weighted by Crippen LogP contribution is -2.32. The van der Waals surface area contributed by atoms with Gasteiger partial charge >= 0.3 is 0 Å². The van der Waals surface area contributed by atoms with Gasteiger partial charge in [-0.1, -0.05) is 68.8 Å². The van der Waals surface area contributed by atoms with Crippen LogP contribution in [0.4, 0.5) is 0 Å². The second-order valence-corrected chi connectivity index (χ2v) is 10.7. The summed E-state index contributed by atoms with van der Waals surface area (Å²) in [7, 11) is 2.16. The van der Waals surface area contributed by atoms with Gasteiger partial charge in [0.05, 0.1) is 10.9 Å². The maximum absolute atomic E-state index is 7.03. The Hall–Kier alpha value is -3.65. The first-order chi connectivity index (χ1) is 17.4. The van der Waals surface area contributed by atoms with Crippen molar-refractivity contribution in [2.45, 2.75) is 47.5 Å². The molecule has 2 heterocycles. The first kappa shape index (κ1) is 22.8. The molecule has 0 saturated heterocycles. The van der Waals surface area contributed by atoms with Crippen LogP contribution in [0.15, 0.2) is 66.9 Å². The van der Waals surface area contributed by atoms with Crippen LogP contribution < -0.4 is 9.30 Å². The first-order valence-electron chi connectivity index (χ1n) is 13.1. The monoisotopic (exact) mass is 472 g/mol. The molecule has 0 amide bonds. The third-order valence-corrected chi connectivity index (χ3v) is 8.15. The van der Waals surface area contributed by atoms with Crippen LogP contribution in [0.3, 0.4) is 0 Å². The van der Waals surface area contributed by atoms with Crippen molar-refractivity contribution in [2.24, 2.45) is 13.0 Å². The van der Waals surface area contributed by atoms with Crippen LogP contribution in [-0.4, -0.2) is 0 Å². The molecule has 2 nitrogen and oxygen atoms in total. The zero-order valence-electron chi connectivity index (χ0n) is 22.2. The second kappa shape index (κ2) is 8.48. The van der Waals surface area contributed by atoms with Gasteiger partial charge in [0.25, 0.3) is 0 Å². The van der Waals surface area contributed by atoms with Crippen LogP contribution in [0.5, 0.6) is 11.5 Å². The van der Waals surface area contributed by atoms with Gasteiger partial charge < -0.3 is 4.74 Å². The van der Waals surface area contributed by atoms with E-state index >= 15 is 0 Å². The summed E-state index contributed by atoms with van der Waals surface area (Å²) in [4.78, 5) is 0. The molecule has 1 atom stereocenters. The van der Waals surface area contributed by atoms with Crippen molar-refractivity contribution in [3.63, 3.8) is 0 Å². The van der Waals surface area contributed by atoms with Crippen LogP contribution in [-0.2, 0) is 13.5 Å². The number of fused-ring (bicyclic) bond motifs is 3. The van der Waals surface area contributed by atoms with E-state index < -0.39 is 0 Å². The molecule has 0 bridgehead atoms. The maximum Gasteiger partial charge on any atom is 0.228 e. The maximum atomic E-state index is 7.03. The lowest BCUT2D eigenvalue weighted by atomic mass is 9.84. The van der Waals surface area contributed by atoms with E-state index in [4.69, 9.17) is 4.74 Å². The van der Waals surface area contributed by atoms with Gasteiger partial charge in [0.1, 0.15) is 18.5 Å². The van der Waals surface area contributed by atoms with E-state index in [9.17, 15) is 0 Å². The standard InChI is InChI=1S/C34H34NO/c1-7-20(2)17-24-18-25-15-16-35(6)33-30-23(5)26-13-8-9-14-27(26)32(29-21(3)11-10-12-22(29)4)34(30)36-28(19-24)31(25)33/h8-16,18-20H,7,17H2,1-6H3/q+1. The molecular weight excluding hydrogens is 438 g/mol. The smallest absolute Gasteiger partial charge is 0.228 e. The molecule has 36 heavy (non-hydrogen) atoms. The fourth-order valence-electron chi connectivity index (χ4n) is 6.11. The molecule has 5 aromatic rings. The highest BCUT2D eigenvalue weighted by molar-refractivity contribution is 6.12. The number of aryl methyl sites for hydroxylation is 4. The number of ether oxygens (including phenoxy) is 1. The molecule has 1 aliphatic rings. The van der Waals surface area contributed by atoms with Crippen molar-refractivity contribution in [1.82, 2.24) is 0 Å². The van der Waals surface area contributed by atoms with E-state index in [-0.39, 0.29) is 0 Å². The van der Waals surface area contributed by atoms with Gasteiger partial charge in [0.15, 0.2) is 6.20 Å². The molecule has 1 aromatic heterocycles. The Morgan fingerprint density at radius 3 is 2.28 bits per heavy atom. The summed E-state index contributed by atoms with van der Waals surface area (Å²) in [5.74, 6) is 2.60. The topological polar surface area (TPSA) is 13.1 Å². The predicted octanol–water partition coefficient (Wildman–Crippen LogP) is 8.77. The summed E-state index contributed by atoms with van der Waals surface area (Å²) in [5.41, 5.74) is 10.1. The van der Waals surface area contributed by atoms with Gasteiger partial charge in [-0.25, -0.2) is 4.57 Å². The minimum atomic E-state index is 0.640. The molecular formula is C34H34NO+. The SMILES string of the molecule is CCC(C)Cc1cc2c3c([n+](C)ccc3c1)-c1c(c(-c3c(C)cccc3C)c3ccccc3c1C)O2. The molecule has 0 saturated carbocycles. The van der Waals surface area contributed by atoms with E-state index in [0.717, 1.165) is 17.9 Å². The lowest BCUT2D eigenvalue weighted by Gasteiger charge is -2.27. The lowest BCUT2D eigenvalue weighted by molar-refractivity contribution is -0.659. The number of rotatable bonds is 4. The molecule has 6 rings (SSSR count). The van der Waals surface area contributed by atoms with Gasteiger partial charge in [0.2, 0.25) is 5.69 Å². The quantitative estimate of drug-likeness (QED) is 0.234. The molecule has 0 spiro atoms. The molecule has 0 aliphatic carbocycles. The Morgan fingerprint density at radius 2 is 1.56 bits per heavy atom. The summed E-state index contributed by atoms with van der Waals surface area (Å²) in [6.45, 7) is 11.3. The number of benzene rings is 4. The van der Waals surface area contributed by atoms with Gasteiger partial charge in [-0.05, 0) is 83.2 Å². The average molecular weight is 473 g/mol. The first-order valence-corrected chi connectivity index (χ1v) is 13.1.